The first-order chi connectivity index (χ1) is 10.1. The molecule has 2 heterocycles. The largest absolute Gasteiger partial charge is 0.496 e. The van der Waals surface area contributed by atoms with Crippen LogP contribution in [0.15, 0.2) is 33.8 Å². The van der Waals surface area contributed by atoms with Crippen LogP contribution < -0.4 is 16.0 Å². The number of para-hydroxylation sites is 1. The molecular formula is C13H12BrN5O2. The summed E-state index contributed by atoms with van der Waals surface area (Å²) in [6, 6.07) is 7.62. The number of benzene rings is 1. The van der Waals surface area contributed by atoms with E-state index in [1.165, 1.54) is 0 Å². The van der Waals surface area contributed by atoms with Gasteiger partial charge in [-0.15, -0.1) is 0 Å². The lowest BCUT2D eigenvalue weighted by Gasteiger charge is -2.10. The van der Waals surface area contributed by atoms with Gasteiger partial charge in [0.15, 0.2) is 15.9 Å². The normalized spacial score (nSPS) is 11.0. The molecule has 0 fully saturated rings. The lowest BCUT2D eigenvalue weighted by Crippen LogP contribution is -2.12. The van der Waals surface area contributed by atoms with Crippen LogP contribution in [0, 0.1) is 0 Å². The van der Waals surface area contributed by atoms with E-state index in [0.29, 0.717) is 16.9 Å². The van der Waals surface area contributed by atoms with Gasteiger partial charge in [0.05, 0.1) is 13.7 Å². The first-order valence-corrected chi connectivity index (χ1v) is 6.93. The van der Waals surface area contributed by atoms with Gasteiger partial charge in [0.25, 0.3) is 5.56 Å². The van der Waals surface area contributed by atoms with Crippen LogP contribution >= 0.6 is 15.9 Å². The number of nitrogens with one attached hydrogen (secondary N) is 1. The third kappa shape index (κ3) is 2.38. The Bertz CT molecular complexity index is 871. The summed E-state index contributed by atoms with van der Waals surface area (Å²) in [7, 11) is 1.61. The van der Waals surface area contributed by atoms with Crippen LogP contribution in [0.25, 0.3) is 11.2 Å². The maximum atomic E-state index is 11.8. The van der Waals surface area contributed by atoms with Crippen molar-refractivity contribution >= 4 is 33.0 Å². The Kier molecular flexibility index (Phi) is 3.38. The molecule has 2 aromatic heterocycles. The van der Waals surface area contributed by atoms with E-state index in [0.717, 1.165) is 11.3 Å². The number of nitrogen functional groups attached to an aromatic ring is 1. The Morgan fingerprint density at radius 3 is 2.90 bits per heavy atom. The highest BCUT2D eigenvalue weighted by Gasteiger charge is 2.15. The number of imidazole rings is 1. The average molecular weight is 350 g/mol. The smallest absolute Gasteiger partial charge is 0.280 e. The van der Waals surface area contributed by atoms with Crippen molar-refractivity contribution in [2.24, 2.45) is 0 Å². The molecule has 0 bridgehead atoms. The number of halogens is 1. The topological polar surface area (TPSA) is 98.8 Å². The first-order valence-electron chi connectivity index (χ1n) is 6.13. The fourth-order valence-electron chi connectivity index (χ4n) is 2.15. The standard InChI is InChI=1S/C13H12BrN5O2/c1-21-8-5-3-2-4-7(8)6-19-10-9(16-12(19)14)11(20)18-13(15)17-10/h2-5H,6H2,1H3,(H3,15,17,18,20). The third-order valence-corrected chi connectivity index (χ3v) is 3.70. The zero-order valence-electron chi connectivity index (χ0n) is 11.1. The van der Waals surface area contributed by atoms with Crippen molar-refractivity contribution in [3.8, 4) is 5.75 Å². The Balaban J connectivity index is 2.17. The highest BCUT2D eigenvalue weighted by molar-refractivity contribution is 9.10. The molecule has 108 valence electrons. The van der Waals surface area contributed by atoms with E-state index in [1.54, 1.807) is 11.7 Å². The number of anilines is 1. The van der Waals surface area contributed by atoms with Gasteiger partial charge in [-0.3, -0.25) is 14.3 Å². The van der Waals surface area contributed by atoms with Crippen LogP contribution in [-0.4, -0.2) is 26.6 Å². The van der Waals surface area contributed by atoms with Crippen LogP contribution in [0.2, 0.25) is 0 Å². The zero-order chi connectivity index (χ0) is 15.0. The minimum atomic E-state index is -0.364. The van der Waals surface area contributed by atoms with E-state index >= 15 is 0 Å². The molecular weight excluding hydrogens is 338 g/mol. The highest BCUT2D eigenvalue weighted by atomic mass is 79.9. The molecule has 0 atom stereocenters. The number of ether oxygens (including phenoxy) is 1. The third-order valence-electron chi connectivity index (χ3n) is 3.10. The molecule has 0 amide bonds. The van der Waals surface area contributed by atoms with Gasteiger partial charge in [0.1, 0.15) is 5.75 Å². The maximum absolute atomic E-state index is 11.8. The Labute approximate surface area is 127 Å². The molecule has 1 aromatic carbocycles. The van der Waals surface area contributed by atoms with Crippen LogP contribution in [0.5, 0.6) is 5.75 Å². The summed E-state index contributed by atoms with van der Waals surface area (Å²) in [5.74, 6) is 0.810. The molecule has 3 aromatic rings. The highest BCUT2D eigenvalue weighted by Crippen LogP contribution is 2.23. The van der Waals surface area contributed by atoms with Crippen LogP contribution in [0.3, 0.4) is 0 Å². The number of rotatable bonds is 3. The number of hydrogen-bond acceptors (Lipinski definition) is 5. The number of nitrogens with zero attached hydrogens (tertiary/aromatic N) is 3. The van der Waals surface area contributed by atoms with Gasteiger partial charge in [0, 0.05) is 5.56 Å². The van der Waals surface area contributed by atoms with Crippen molar-refractivity contribution in [2.75, 3.05) is 12.8 Å². The summed E-state index contributed by atoms with van der Waals surface area (Å²) in [6.07, 6.45) is 0. The maximum Gasteiger partial charge on any atom is 0.280 e. The molecule has 3 N–H and O–H groups in total. The number of methoxy groups -OCH3 is 1. The van der Waals surface area contributed by atoms with E-state index in [4.69, 9.17) is 10.5 Å². The minimum Gasteiger partial charge on any atom is -0.496 e. The molecule has 0 aliphatic rings. The van der Waals surface area contributed by atoms with Gasteiger partial charge >= 0.3 is 0 Å². The lowest BCUT2D eigenvalue weighted by atomic mass is 10.2. The number of aromatic amines is 1. The summed E-state index contributed by atoms with van der Waals surface area (Å²) in [5, 5.41) is 0. The molecule has 0 unspecified atom stereocenters. The van der Waals surface area contributed by atoms with Gasteiger partial charge in [-0.05, 0) is 22.0 Å². The van der Waals surface area contributed by atoms with Gasteiger partial charge in [0.2, 0.25) is 5.95 Å². The zero-order valence-corrected chi connectivity index (χ0v) is 12.7. The molecule has 7 nitrogen and oxygen atoms in total. The monoisotopic (exact) mass is 349 g/mol. The SMILES string of the molecule is COc1ccccc1Cn1c(Br)nc2c(=O)[nH]c(N)nc21. The first kappa shape index (κ1) is 13.6. The van der Waals surface area contributed by atoms with E-state index in [1.807, 2.05) is 24.3 Å². The van der Waals surface area contributed by atoms with Crippen molar-refractivity contribution in [3.05, 3.63) is 44.9 Å². The van der Waals surface area contributed by atoms with Crippen molar-refractivity contribution in [3.63, 3.8) is 0 Å². The van der Waals surface area contributed by atoms with Gasteiger partial charge in [-0.25, -0.2) is 4.98 Å². The van der Waals surface area contributed by atoms with Crippen molar-refractivity contribution in [2.45, 2.75) is 6.54 Å². The molecule has 8 heteroatoms. The predicted octanol–water partition coefficient (Wildman–Crippen LogP) is 1.52. The van der Waals surface area contributed by atoms with Crippen molar-refractivity contribution in [1.29, 1.82) is 0 Å². The molecule has 0 saturated heterocycles. The van der Waals surface area contributed by atoms with E-state index in [2.05, 4.69) is 30.9 Å². The van der Waals surface area contributed by atoms with Gasteiger partial charge in [-0.2, -0.15) is 4.98 Å². The fraction of sp³-hybridized carbons (Fsp3) is 0.154. The van der Waals surface area contributed by atoms with E-state index in [-0.39, 0.29) is 17.0 Å². The van der Waals surface area contributed by atoms with Crippen LogP contribution in [0.1, 0.15) is 5.56 Å². The lowest BCUT2D eigenvalue weighted by molar-refractivity contribution is 0.408. The second kappa shape index (κ2) is 5.21. The second-order valence-corrected chi connectivity index (χ2v) is 5.11. The number of aromatic nitrogens is 4. The summed E-state index contributed by atoms with van der Waals surface area (Å²) >= 11 is 3.35. The molecule has 0 saturated carbocycles. The average Bonchev–Trinajstić information content (AvgIpc) is 2.77. The number of hydrogen-bond donors (Lipinski definition) is 2. The van der Waals surface area contributed by atoms with E-state index in [9.17, 15) is 4.79 Å². The molecule has 0 radical (unpaired) electrons. The molecule has 0 aliphatic heterocycles. The molecule has 21 heavy (non-hydrogen) atoms. The molecule has 3 rings (SSSR count). The quantitative estimate of drug-likeness (QED) is 0.698. The summed E-state index contributed by atoms with van der Waals surface area (Å²) in [4.78, 5) is 22.6. The van der Waals surface area contributed by atoms with E-state index < -0.39 is 0 Å². The summed E-state index contributed by atoms with van der Waals surface area (Å²) in [5.41, 5.74) is 6.85. The Morgan fingerprint density at radius 2 is 2.14 bits per heavy atom. The second-order valence-electron chi connectivity index (χ2n) is 4.40. The number of nitrogens with two attached hydrogens (primary N) is 1. The summed E-state index contributed by atoms with van der Waals surface area (Å²) < 4.78 is 7.60. The van der Waals surface area contributed by atoms with Crippen molar-refractivity contribution < 1.29 is 4.74 Å². The Morgan fingerprint density at radius 1 is 1.38 bits per heavy atom. The van der Waals surface area contributed by atoms with Crippen LogP contribution in [-0.2, 0) is 6.54 Å². The van der Waals surface area contributed by atoms with Gasteiger partial charge in [-0.1, -0.05) is 18.2 Å². The predicted molar refractivity (Wildman–Crippen MR) is 82.4 cm³/mol. The van der Waals surface area contributed by atoms with Crippen LogP contribution in [0.4, 0.5) is 5.95 Å². The number of H-pyrrole nitrogens is 1. The van der Waals surface area contributed by atoms with Gasteiger partial charge < -0.3 is 10.5 Å². The fourth-order valence-corrected chi connectivity index (χ4v) is 2.62. The molecule has 0 spiro atoms. The number of fused-ring (bicyclic) bond motifs is 1. The Hall–Kier alpha value is -2.35. The summed E-state index contributed by atoms with van der Waals surface area (Å²) in [6.45, 7) is 0.455. The van der Waals surface area contributed by atoms with Crippen molar-refractivity contribution in [1.82, 2.24) is 19.5 Å². The minimum absolute atomic E-state index is 0.0566. The molecule has 0 aliphatic carbocycles.